The van der Waals surface area contributed by atoms with Gasteiger partial charge in [-0.3, -0.25) is 24.6 Å². The van der Waals surface area contributed by atoms with Gasteiger partial charge >= 0.3 is 0 Å². The van der Waals surface area contributed by atoms with E-state index in [1.807, 2.05) is 52.0 Å². The summed E-state index contributed by atoms with van der Waals surface area (Å²) in [4.78, 5) is 40.6. The van der Waals surface area contributed by atoms with Crippen LogP contribution >= 0.6 is 0 Å². The van der Waals surface area contributed by atoms with Gasteiger partial charge in [-0.05, 0) is 54.5 Å². The maximum Gasteiger partial charge on any atom is 0.251 e. The highest BCUT2D eigenvalue weighted by Gasteiger charge is 2.23. The van der Waals surface area contributed by atoms with Crippen LogP contribution in [0, 0.1) is 18.3 Å². The van der Waals surface area contributed by atoms with E-state index in [0.29, 0.717) is 24.2 Å². The van der Waals surface area contributed by atoms with Crippen molar-refractivity contribution in [3.05, 3.63) is 83.7 Å². The second kappa shape index (κ2) is 13.9. The summed E-state index contributed by atoms with van der Waals surface area (Å²) in [5.41, 5.74) is 4.37. The molecule has 36 heavy (non-hydrogen) atoms. The van der Waals surface area contributed by atoms with E-state index in [4.69, 9.17) is 5.21 Å². The first kappa shape index (κ1) is 28.5. The highest BCUT2D eigenvalue weighted by molar-refractivity contribution is 5.95. The van der Waals surface area contributed by atoms with E-state index in [0.717, 1.165) is 11.1 Å². The number of nitrogens with zero attached hydrogens (tertiary/aromatic N) is 1. The van der Waals surface area contributed by atoms with Gasteiger partial charge in [-0.2, -0.15) is 0 Å². The van der Waals surface area contributed by atoms with Crippen molar-refractivity contribution in [2.24, 2.45) is 11.3 Å². The van der Waals surface area contributed by atoms with Gasteiger partial charge in [0.2, 0.25) is 11.8 Å². The minimum atomic E-state index is -0.419. The number of rotatable bonds is 10. The lowest BCUT2D eigenvalue weighted by Crippen LogP contribution is -2.35. The van der Waals surface area contributed by atoms with E-state index in [9.17, 15) is 14.4 Å². The summed E-state index contributed by atoms with van der Waals surface area (Å²) in [7, 11) is 0. The zero-order valence-electron chi connectivity index (χ0n) is 21.4. The van der Waals surface area contributed by atoms with Crippen molar-refractivity contribution in [2.75, 3.05) is 11.9 Å². The van der Waals surface area contributed by atoms with Crippen molar-refractivity contribution in [1.82, 2.24) is 15.8 Å². The minimum Gasteiger partial charge on any atom is -0.352 e. The second-order valence-corrected chi connectivity index (χ2v) is 9.83. The summed E-state index contributed by atoms with van der Waals surface area (Å²) in [5.74, 6) is -0.747. The molecule has 8 nitrogen and oxygen atoms in total. The molecule has 1 aromatic carbocycles. The van der Waals surface area contributed by atoms with E-state index in [1.165, 1.54) is 0 Å². The Morgan fingerprint density at radius 3 is 2.39 bits per heavy atom. The third kappa shape index (κ3) is 10.7. The molecule has 0 saturated heterocycles. The number of hydrogen-bond donors (Lipinski definition) is 4. The van der Waals surface area contributed by atoms with E-state index in [1.54, 1.807) is 48.2 Å². The summed E-state index contributed by atoms with van der Waals surface area (Å²) in [5, 5.41) is 14.5. The summed E-state index contributed by atoms with van der Waals surface area (Å²) in [6, 6.07) is 16.3. The Labute approximate surface area is 212 Å². The molecule has 0 fully saturated rings. The van der Waals surface area contributed by atoms with Crippen molar-refractivity contribution in [1.29, 1.82) is 0 Å². The largest absolute Gasteiger partial charge is 0.352 e. The molecule has 0 bridgehead atoms. The zero-order chi connectivity index (χ0) is 26.6. The smallest absolute Gasteiger partial charge is 0.251 e. The standard InChI is InChI=1S/C28H36N4O4/c1-20-7-5-9-24(18-29-14-6-8-20)31-25(33)16-22-10-12-23(13-11-22)27(35)30-19-28(3,4)17-21(2)15-26(34)32-36/h5-14,18,21,36H,15-17,19H2,1-4H3,(H,30,35)(H,31,33)(H,32,34). The SMILES string of the molecule is Cc1cccncc(NC(=O)Cc2ccc(C(=O)NCC(C)(C)CC(C)CC(=O)NO)cc2)ccc1. The Kier molecular flexibility index (Phi) is 11.0. The average molecular weight is 493 g/mol. The van der Waals surface area contributed by atoms with Crippen LogP contribution in [0.25, 0.3) is 0 Å². The highest BCUT2D eigenvalue weighted by Crippen LogP contribution is 2.26. The number of benzene rings is 1. The van der Waals surface area contributed by atoms with Gasteiger partial charge in [-0.25, -0.2) is 5.48 Å². The Morgan fingerprint density at radius 2 is 1.69 bits per heavy atom. The molecular formula is C28H36N4O4. The molecule has 4 N–H and O–H groups in total. The number of amides is 3. The molecule has 192 valence electrons. The Bertz CT molecular complexity index is 1100. The van der Waals surface area contributed by atoms with Crippen LogP contribution in [0.5, 0.6) is 0 Å². The van der Waals surface area contributed by atoms with Gasteiger partial charge in [0, 0.05) is 24.7 Å². The van der Waals surface area contributed by atoms with E-state index in [2.05, 4.69) is 15.6 Å². The number of hydrogen-bond acceptors (Lipinski definition) is 5. The molecule has 0 aliphatic rings. The van der Waals surface area contributed by atoms with Crippen LogP contribution in [0.4, 0.5) is 5.69 Å². The van der Waals surface area contributed by atoms with Gasteiger partial charge < -0.3 is 10.6 Å². The minimum absolute atomic E-state index is 0.0568. The van der Waals surface area contributed by atoms with Crippen LogP contribution in [0.3, 0.4) is 0 Å². The number of carbonyl (C=O) groups is 3. The fraction of sp³-hybridized carbons (Fsp3) is 0.357. The van der Waals surface area contributed by atoms with Gasteiger partial charge in [-0.15, -0.1) is 0 Å². The van der Waals surface area contributed by atoms with Gasteiger partial charge in [-0.1, -0.05) is 56.7 Å². The van der Waals surface area contributed by atoms with Crippen molar-refractivity contribution >= 4 is 23.4 Å². The molecular weight excluding hydrogens is 456 g/mol. The molecule has 0 radical (unpaired) electrons. The van der Waals surface area contributed by atoms with E-state index >= 15 is 0 Å². The number of nitrogens with one attached hydrogen (secondary N) is 3. The fourth-order valence-electron chi connectivity index (χ4n) is 3.88. The van der Waals surface area contributed by atoms with Crippen LogP contribution < -0.4 is 16.1 Å². The summed E-state index contributed by atoms with van der Waals surface area (Å²) in [6.07, 6.45) is 4.34. The van der Waals surface area contributed by atoms with Crippen molar-refractivity contribution in [3.63, 3.8) is 0 Å². The average Bonchev–Trinajstić information content (AvgIpc) is 2.82. The predicted molar refractivity (Wildman–Crippen MR) is 140 cm³/mol. The Balaban J connectivity index is 1.91. The third-order valence-corrected chi connectivity index (χ3v) is 5.53. The molecule has 1 atom stereocenters. The molecule has 0 aliphatic heterocycles. The molecule has 0 saturated carbocycles. The first-order valence-electron chi connectivity index (χ1n) is 11.9. The van der Waals surface area contributed by atoms with Crippen LogP contribution in [-0.2, 0) is 16.0 Å². The normalized spacial score (nSPS) is 11.6. The van der Waals surface area contributed by atoms with Gasteiger partial charge in [0.1, 0.15) is 0 Å². The number of aryl methyl sites for hydroxylation is 1. The molecule has 2 rings (SSSR count). The van der Waals surface area contributed by atoms with E-state index in [-0.39, 0.29) is 36.0 Å². The van der Waals surface area contributed by atoms with Crippen molar-refractivity contribution in [2.45, 2.75) is 47.0 Å². The third-order valence-electron chi connectivity index (χ3n) is 5.53. The number of anilines is 1. The van der Waals surface area contributed by atoms with Crippen molar-refractivity contribution < 1.29 is 19.6 Å². The summed E-state index contributed by atoms with van der Waals surface area (Å²) in [6.45, 7) is 8.39. The quantitative estimate of drug-likeness (QED) is 0.290. The Morgan fingerprint density at radius 1 is 1.00 bits per heavy atom. The Hall–Kier alpha value is -3.78. The maximum atomic E-state index is 12.6. The van der Waals surface area contributed by atoms with Crippen LogP contribution in [0.1, 0.15) is 55.1 Å². The van der Waals surface area contributed by atoms with Crippen LogP contribution in [0.15, 0.2) is 67.0 Å². The monoisotopic (exact) mass is 492 g/mol. The molecule has 8 heteroatoms. The second-order valence-electron chi connectivity index (χ2n) is 9.83. The van der Waals surface area contributed by atoms with Gasteiger partial charge in [0.15, 0.2) is 0 Å². The number of carbonyl (C=O) groups excluding carboxylic acids is 3. The molecule has 2 aromatic rings. The van der Waals surface area contributed by atoms with Crippen LogP contribution in [0.2, 0.25) is 0 Å². The maximum absolute atomic E-state index is 12.6. The van der Waals surface area contributed by atoms with Gasteiger partial charge in [0.05, 0.1) is 18.3 Å². The fourth-order valence-corrected chi connectivity index (χ4v) is 3.88. The predicted octanol–water partition coefficient (Wildman–Crippen LogP) is 4.37. The molecule has 1 aromatic heterocycles. The zero-order valence-corrected chi connectivity index (χ0v) is 21.4. The number of hydroxylamine groups is 1. The van der Waals surface area contributed by atoms with Gasteiger partial charge in [0.25, 0.3) is 5.91 Å². The molecule has 3 amide bonds. The lowest BCUT2D eigenvalue weighted by molar-refractivity contribution is -0.130. The first-order chi connectivity index (χ1) is 17.1. The van der Waals surface area contributed by atoms with Crippen LogP contribution in [-0.4, -0.2) is 34.5 Å². The number of aromatic nitrogens is 1. The summed E-state index contributed by atoms with van der Waals surface area (Å²) >= 11 is 0. The molecule has 0 spiro atoms. The lowest BCUT2D eigenvalue weighted by atomic mass is 9.82. The highest BCUT2D eigenvalue weighted by atomic mass is 16.5. The van der Waals surface area contributed by atoms with Crippen molar-refractivity contribution in [3.8, 4) is 0 Å². The molecule has 1 unspecified atom stereocenters. The molecule has 1 heterocycles. The lowest BCUT2D eigenvalue weighted by Gasteiger charge is -2.28. The van der Waals surface area contributed by atoms with E-state index < -0.39 is 5.91 Å². The topological polar surface area (TPSA) is 120 Å². The summed E-state index contributed by atoms with van der Waals surface area (Å²) < 4.78 is 0. The molecule has 0 aliphatic carbocycles. The first-order valence-corrected chi connectivity index (χ1v) is 11.9.